The van der Waals surface area contributed by atoms with Gasteiger partial charge < -0.3 is 19.3 Å². The van der Waals surface area contributed by atoms with Crippen LogP contribution >= 0.6 is 0 Å². The Labute approximate surface area is 69.2 Å². The lowest BCUT2D eigenvalue weighted by molar-refractivity contribution is -0.168. The van der Waals surface area contributed by atoms with Crippen molar-refractivity contribution in [1.82, 2.24) is 0 Å². The number of rotatable bonds is 1. The number of aliphatic hydroxyl groups is 1. The summed E-state index contributed by atoms with van der Waals surface area (Å²) in [6.45, 7) is 1.47. The molecule has 2 rings (SSSR count). The summed E-state index contributed by atoms with van der Waals surface area (Å²) in [5.41, 5.74) is -1.25. The summed E-state index contributed by atoms with van der Waals surface area (Å²) in [5.74, 6) is -0.528. The molecule has 0 bridgehead atoms. The quantitative estimate of drug-likeness (QED) is 0.518. The van der Waals surface area contributed by atoms with Gasteiger partial charge in [0.25, 0.3) is 0 Å². The fraction of sp³-hybridized carbons (Fsp3) is 0.857. The van der Waals surface area contributed by atoms with Gasteiger partial charge in [-0.25, -0.2) is 4.79 Å². The van der Waals surface area contributed by atoms with Crippen LogP contribution in [0.2, 0.25) is 0 Å². The van der Waals surface area contributed by atoms with Gasteiger partial charge in [0, 0.05) is 0 Å². The van der Waals surface area contributed by atoms with Gasteiger partial charge >= 0.3 is 5.97 Å². The lowest BCUT2D eigenvalue weighted by atomic mass is 10.0. The maximum atomic E-state index is 11.2. The second-order valence-electron chi connectivity index (χ2n) is 2.96. The third-order valence-electron chi connectivity index (χ3n) is 2.20. The largest absolute Gasteiger partial charge is 0.460 e. The third-order valence-corrected chi connectivity index (χ3v) is 2.20. The predicted octanol–water partition coefficient (Wildman–Crippen LogP) is -0.964. The summed E-state index contributed by atoms with van der Waals surface area (Å²) in [6, 6.07) is 0. The highest BCUT2D eigenvalue weighted by molar-refractivity contribution is 5.83. The molecule has 2 heterocycles. The monoisotopic (exact) mass is 174 g/mol. The molecule has 0 radical (unpaired) electrons. The Morgan fingerprint density at radius 2 is 2.50 bits per heavy atom. The number of cyclic esters (lactones) is 1. The van der Waals surface area contributed by atoms with Crippen molar-refractivity contribution < 1.29 is 24.1 Å². The number of esters is 1. The Bertz CT molecular complexity index is 216. The van der Waals surface area contributed by atoms with Gasteiger partial charge in [-0.2, -0.15) is 0 Å². The molecule has 0 aromatic heterocycles. The molecule has 0 saturated carbocycles. The number of carbonyl (C=O) groups excluding carboxylic acids is 1. The summed E-state index contributed by atoms with van der Waals surface area (Å²) >= 11 is 0. The van der Waals surface area contributed by atoms with Crippen molar-refractivity contribution in [3.05, 3.63) is 0 Å². The molecule has 3 atom stereocenters. The van der Waals surface area contributed by atoms with E-state index in [1.807, 2.05) is 0 Å². The van der Waals surface area contributed by atoms with Crippen LogP contribution in [0, 0.1) is 0 Å². The summed E-state index contributed by atoms with van der Waals surface area (Å²) in [5, 5.41) is 9.01. The molecular weight excluding hydrogens is 164 g/mol. The van der Waals surface area contributed by atoms with E-state index < -0.39 is 24.0 Å². The fourth-order valence-electron chi connectivity index (χ4n) is 1.57. The van der Waals surface area contributed by atoms with Crippen molar-refractivity contribution in [2.24, 2.45) is 0 Å². The molecule has 5 nitrogen and oxygen atoms in total. The molecule has 2 aliphatic heterocycles. The van der Waals surface area contributed by atoms with Crippen LogP contribution in [0.5, 0.6) is 0 Å². The molecule has 2 fully saturated rings. The first kappa shape index (κ1) is 7.97. The molecule has 0 aromatic carbocycles. The minimum Gasteiger partial charge on any atom is -0.460 e. The molecule has 0 spiro atoms. The maximum absolute atomic E-state index is 11.2. The number of aliphatic hydroxyl groups excluding tert-OH is 1. The zero-order valence-corrected chi connectivity index (χ0v) is 6.65. The molecule has 12 heavy (non-hydrogen) atoms. The standard InChI is InChI=1S/C7H10O5/c1-4-11-5-2-10-6(9)7(5,3-8)12-4/h4-5,8H,2-3H2,1H3. The summed E-state index contributed by atoms with van der Waals surface area (Å²) in [4.78, 5) is 11.2. The van der Waals surface area contributed by atoms with Crippen molar-refractivity contribution in [2.45, 2.75) is 24.9 Å². The van der Waals surface area contributed by atoms with Crippen LogP contribution in [0.15, 0.2) is 0 Å². The van der Waals surface area contributed by atoms with E-state index in [0.717, 1.165) is 0 Å². The summed E-state index contributed by atoms with van der Waals surface area (Å²) in [6.07, 6.45) is -0.903. The van der Waals surface area contributed by atoms with Crippen molar-refractivity contribution >= 4 is 5.97 Å². The first-order valence-corrected chi connectivity index (χ1v) is 3.80. The Hall–Kier alpha value is -0.650. The third kappa shape index (κ3) is 0.811. The van der Waals surface area contributed by atoms with Crippen molar-refractivity contribution in [3.8, 4) is 0 Å². The summed E-state index contributed by atoms with van der Waals surface area (Å²) in [7, 11) is 0. The molecule has 5 heteroatoms. The van der Waals surface area contributed by atoms with E-state index in [4.69, 9.17) is 19.3 Å². The zero-order valence-electron chi connectivity index (χ0n) is 6.65. The van der Waals surface area contributed by atoms with Crippen molar-refractivity contribution in [3.63, 3.8) is 0 Å². The minimum absolute atomic E-state index is 0.170. The first-order chi connectivity index (χ1) is 5.69. The van der Waals surface area contributed by atoms with Crippen LogP contribution in [0.4, 0.5) is 0 Å². The number of fused-ring (bicyclic) bond motifs is 1. The number of hydrogen-bond acceptors (Lipinski definition) is 5. The average Bonchev–Trinajstić information content (AvgIpc) is 2.50. The van der Waals surface area contributed by atoms with Gasteiger partial charge in [-0.15, -0.1) is 0 Å². The summed E-state index contributed by atoms with van der Waals surface area (Å²) < 4.78 is 15.1. The van der Waals surface area contributed by atoms with Gasteiger partial charge in [0.05, 0.1) is 6.61 Å². The molecule has 3 unspecified atom stereocenters. The van der Waals surface area contributed by atoms with E-state index in [2.05, 4.69) is 0 Å². The van der Waals surface area contributed by atoms with Gasteiger partial charge in [0.1, 0.15) is 12.7 Å². The van der Waals surface area contributed by atoms with Crippen LogP contribution in [0.25, 0.3) is 0 Å². The Morgan fingerprint density at radius 3 is 3.08 bits per heavy atom. The van der Waals surface area contributed by atoms with Crippen LogP contribution in [-0.2, 0) is 19.0 Å². The van der Waals surface area contributed by atoms with Gasteiger partial charge in [0.15, 0.2) is 6.29 Å². The fourth-order valence-corrected chi connectivity index (χ4v) is 1.57. The predicted molar refractivity (Wildman–Crippen MR) is 36.2 cm³/mol. The van der Waals surface area contributed by atoms with E-state index >= 15 is 0 Å². The Kier molecular flexibility index (Phi) is 1.61. The van der Waals surface area contributed by atoms with E-state index in [-0.39, 0.29) is 13.2 Å². The highest BCUT2D eigenvalue weighted by atomic mass is 16.8. The van der Waals surface area contributed by atoms with Gasteiger partial charge in [-0.1, -0.05) is 0 Å². The molecule has 0 amide bonds. The van der Waals surface area contributed by atoms with Gasteiger partial charge in [0.2, 0.25) is 5.60 Å². The average molecular weight is 174 g/mol. The maximum Gasteiger partial charge on any atom is 0.343 e. The Morgan fingerprint density at radius 1 is 1.75 bits per heavy atom. The molecule has 0 aliphatic carbocycles. The van der Waals surface area contributed by atoms with Crippen LogP contribution in [-0.4, -0.2) is 42.3 Å². The molecule has 2 aliphatic rings. The molecule has 0 aromatic rings. The second-order valence-corrected chi connectivity index (χ2v) is 2.96. The van der Waals surface area contributed by atoms with Crippen LogP contribution < -0.4 is 0 Å². The highest BCUT2D eigenvalue weighted by Crippen LogP contribution is 2.35. The van der Waals surface area contributed by atoms with E-state index in [0.29, 0.717) is 0 Å². The molecule has 68 valence electrons. The minimum atomic E-state index is -1.25. The molecule has 1 N–H and O–H groups in total. The van der Waals surface area contributed by atoms with E-state index in [1.54, 1.807) is 6.92 Å². The number of carbonyl (C=O) groups is 1. The van der Waals surface area contributed by atoms with Gasteiger partial charge in [-0.05, 0) is 6.92 Å². The lowest BCUT2D eigenvalue weighted by Gasteiger charge is -2.17. The smallest absolute Gasteiger partial charge is 0.343 e. The van der Waals surface area contributed by atoms with Crippen molar-refractivity contribution in [2.75, 3.05) is 13.2 Å². The number of ether oxygens (including phenoxy) is 3. The lowest BCUT2D eigenvalue weighted by Crippen LogP contribution is -2.46. The molecular formula is C7H10O5. The topological polar surface area (TPSA) is 65.0 Å². The molecule has 2 saturated heterocycles. The van der Waals surface area contributed by atoms with Crippen molar-refractivity contribution in [1.29, 1.82) is 0 Å². The van der Waals surface area contributed by atoms with Crippen LogP contribution in [0.3, 0.4) is 0 Å². The zero-order chi connectivity index (χ0) is 8.77. The van der Waals surface area contributed by atoms with E-state index in [9.17, 15) is 4.79 Å². The second kappa shape index (κ2) is 2.42. The SMILES string of the molecule is CC1OC2COC(=O)C2(CO)O1. The highest BCUT2D eigenvalue weighted by Gasteiger charge is 2.60. The van der Waals surface area contributed by atoms with Gasteiger partial charge in [-0.3, -0.25) is 0 Å². The normalized spacial score (nSPS) is 46.0. The number of hydrogen-bond donors (Lipinski definition) is 1. The van der Waals surface area contributed by atoms with E-state index in [1.165, 1.54) is 0 Å². The Balaban J connectivity index is 2.28. The first-order valence-electron chi connectivity index (χ1n) is 3.80. The van der Waals surface area contributed by atoms with Crippen LogP contribution in [0.1, 0.15) is 6.92 Å².